The topological polar surface area (TPSA) is 95.9 Å². The van der Waals surface area contributed by atoms with Gasteiger partial charge in [-0.3, -0.25) is 9.59 Å². The maximum Gasteiger partial charge on any atom is 0.305 e. The second-order valence-electron chi connectivity index (χ2n) is 16.1. The van der Waals surface area contributed by atoms with Crippen molar-refractivity contribution in [1.29, 1.82) is 0 Å². The number of esters is 1. The molecule has 6 nitrogen and oxygen atoms in total. The molecule has 54 heavy (non-hydrogen) atoms. The number of nitrogens with one attached hydrogen (secondary N) is 1. The fourth-order valence-electron chi connectivity index (χ4n) is 7.04. The second-order valence-corrected chi connectivity index (χ2v) is 16.1. The average Bonchev–Trinajstić information content (AvgIpc) is 3.17. The van der Waals surface area contributed by atoms with Gasteiger partial charge in [0.25, 0.3) is 0 Å². The largest absolute Gasteiger partial charge is 0.466 e. The van der Waals surface area contributed by atoms with Gasteiger partial charge in [0.1, 0.15) is 0 Å². The summed E-state index contributed by atoms with van der Waals surface area (Å²) in [6, 6.07) is -0.646. The van der Waals surface area contributed by atoms with Crippen molar-refractivity contribution in [2.75, 3.05) is 13.2 Å². The summed E-state index contributed by atoms with van der Waals surface area (Å²) in [5.74, 6) is -0.130. The summed E-state index contributed by atoms with van der Waals surface area (Å²) in [5, 5.41) is 22.9. The third kappa shape index (κ3) is 40.0. The van der Waals surface area contributed by atoms with Crippen LogP contribution in [-0.4, -0.2) is 47.4 Å². The lowest BCUT2D eigenvalue weighted by atomic mass is 10.0. The number of unbranched alkanes of at least 4 members (excludes halogenated alkanes) is 30. The molecule has 0 radical (unpaired) electrons. The van der Waals surface area contributed by atoms with E-state index in [1.165, 1.54) is 135 Å². The molecule has 0 heterocycles. The lowest BCUT2D eigenvalue weighted by Crippen LogP contribution is -2.45. The first kappa shape index (κ1) is 52.3. The molecule has 3 N–H and O–H groups in total. The Morgan fingerprint density at radius 2 is 0.870 bits per heavy atom. The van der Waals surface area contributed by atoms with Crippen molar-refractivity contribution in [3.8, 4) is 0 Å². The highest BCUT2D eigenvalue weighted by atomic mass is 16.5. The van der Waals surface area contributed by atoms with E-state index < -0.39 is 12.1 Å². The summed E-state index contributed by atoms with van der Waals surface area (Å²) in [5.41, 5.74) is 0. The number of allylic oxidation sites excluding steroid dienone is 3. The Morgan fingerprint density at radius 3 is 1.31 bits per heavy atom. The molecule has 0 rings (SSSR count). The minimum atomic E-state index is -0.860. The Hall–Kier alpha value is -1.66. The zero-order chi connectivity index (χ0) is 39.4. The van der Waals surface area contributed by atoms with Crippen molar-refractivity contribution in [3.63, 3.8) is 0 Å². The number of amides is 1. The second kappa shape index (κ2) is 44.1. The lowest BCUT2D eigenvalue weighted by molar-refractivity contribution is -0.143. The van der Waals surface area contributed by atoms with Crippen LogP contribution in [0.15, 0.2) is 24.3 Å². The van der Waals surface area contributed by atoms with Crippen LogP contribution in [0.4, 0.5) is 0 Å². The van der Waals surface area contributed by atoms with Crippen LogP contribution in [0.1, 0.15) is 245 Å². The van der Waals surface area contributed by atoms with E-state index >= 15 is 0 Å². The highest BCUT2D eigenvalue weighted by Crippen LogP contribution is 2.15. The van der Waals surface area contributed by atoms with Gasteiger partial charge in [-0.15, -0.1) is 0 Å². The molecule has 0 saturated heterocycles. The van der Waals surface area contributed by atoms with Crippen molar-refractivity contribution in [2.45, 2.75) is 257 Å². The number of hydrogen-bond donors (Lipinski definition) is 3. The van der Waals surface area contributed by atoms with Crippen LogP contribution in [0.2, 0.25) is 0 Å². The molecule has 2 atom stereocenters. The van der Waals surface area contributed by atoms with Crippen molar-refractivity contribution >= 4 is 11.9 Å². The molecule has 0 aromatic heterocycles. The number of aliphatic hydroxyl groups excluding tert-OH is 2. The summed E-state index contributed by atoms with van der Waals surface area (Å²) in [7, 11) is 0. The van der Waals surface area contributed by atoms with Crippen LogP contribution in [0.25, 0.3) is 0 Å². The highest BCUT2D eigenvalue weighted by Gasteiger charge is 2.18. The molecule has 6 heteroatoms. The predicted molar refractivity (Wildman–Crippen MR) is 232 cm³/mol. The van der Waals surface area contributed by atoms with E-state index in [0.29, 0.717) is 19.4 Å². The molecule has 0 fully saturated rings. The molecule has 0 spiro atoms. The number of carbonyl (C=O) groups is 2. The summed E-state index contributed by atoms with van der Waals surface area (Å²) in [6.45, 7) is 4.81. The molecular weight excluding hydrogens is 671 g/mol. The first-order valence-corrected chi connectivity index (χ1v) is 23.6. The summed E-state index contributed by atoms with van der Waals surface area (Å²) in [4.78, 5) is 24.4. The maximum absolute atomic E-state index is 12.4. The fourth-order valence-corrected chi connectivity index (χ4v) is 7.04. The number of ether oxygens (including phenoxy) is 1. The number of aliphatic hydroxyl groups is 2. The highest BCUT2D eigenvalue weighted by molar-refractivity contribution is 5.76. The van der Waals surface area contributed by atoms with E-state index in [1.807, 2.05) is 6.08 Å². The molecular formula is C48H91NO5. The fraction of sp³-hybridized carbons (Fsp3) is 0.875. The van der Waals surface area contributed by atoms with Crippen molar-refractivity contribution in [1.82, 2.24) is 5.32 Å². The van der Waals surface area contributed by atoms with E-state index in [-0.39, 0.29) is 18.5 Å². The van der Waals surface area contributed by atoms with Gasteiger partial charge in [0.15, 0.2) is 0 Å². The minimum Gasteiger partial charge on any atom is -0.466 e. The van der Waals surface area contributed by atoms with E-state index in [2.05, 4.69) is 31.3 Å². The molecule has 2 unspecified atom stereocenters. The Labute approximate surface area is 335 Å². The predicted octanol–water partition coefficient (Wildman–Crippen LogP) is 13.6. The number of carbonyl (C=O) groups excluding carboxylic acids is 2. The van der Waals surface area contributed by atoms with Gasteiger partial charge in [-0.25, -0.2) is 0 Å². The first-order valence-electron chi connectivity index (χ1n) is 23.6. The summed E-state index contributed by atoms with van der Waals surface area (Å²) in [6.07, 6.45) is 50.2. The zero-order valence-electron chi connectivity index (χ0n) is 36.0. The van der Waals surface area contributed by atoms with Crippen LogP contribution < -0.4 is 5.32 Å². The quantitative estimate of drug-likeness (QED) is 0.0327. The van der Waals surface area contributed by atoms with Gasteiger partial charge < -0.3 is 20.3 Å². The monoisotopic (exact) mass is 762 g/mol. The van der Waals surface area contributed by atoms with Crippen molar-refractivity contribution in [3.05, 3.63) is 24.3 Å². The molecule has 0 aromatic rings. The van der Waals surface area contributed by atoms with E-state index in [0.717, 1.165) is 83.5 Å². The molecule has 0 aliphatic heterocycles. The minimum absolute atomic E-state index is 0.0316. The molecule has 0 aliphatic rings. The smallest absolute Gasteiger partial charge is 0.305 e. The Morgan fingerprint density at radius 1 is 0.500 bits per heavy atom. The van der Waals surface area contributed by atoms with Crippen LogP contribution >= 0.6 is 0 Å². The molecule has 0 saturated carbocycles. The Balaban J connectivity index is 3.55. The first-order chi connectivity index (χ1) is 26.5. The van der Waals surface area contributed by atoms with Gasteiger partial charge in [-0.1, -0.05) is 199 Å². The Kier molecular flexibility index (Phi) is 42.7. The third-order valence-electron chi connectivity index (χ3n) is 10.7. The van der Waals surface area contributed by atoms with E-state index in [1.54, 1.807) is 6.08 Å². The van der Waals surface area contributed by atoms with E-state index in [4.69, 9.17) is 4.74 Å². The van der Waals surface area contributed by atoms with Crippen molar-refractivity contribution in [2.24, 2.45) is 0 Å². The van der Waals surface area contributed by atoms with Crippen LogP contribution in [-0.2, 0) is 14.3 Å². The normalized spacial score (nSPS) is 12.9. The standard InChI is InChI=1S/C48H91NO5/c1-3-5-7-9-11-13-15-17-18-22-26-30-34-38-42-48(53)54-43-39-35-31-27-23-19-21-25-29-33-37-41-47(52)49-45(44-50)46(51)40-36-32-28-24-20-16-14-12-10-8-6-4-2/h23,27,36,40,45-46,50-51H,3-22,24-26,28-35,37-39,41-44H2,1-2H3,(H,49,52)/b27-23-,40-36+. The van der Waals surface area contributed by atoms with Gasteiger partial charge >= 0.3 is 5.97 Å². The molecule has 318 valence electrons. The summed E-state index contributed by atoms with van der Waals surface area (Å²) >= 11 is 0. The average molecular weight is 762 g/mol. The van der Waals surface area contributed by atoms with Crippen LogP contribution in [0.5, 0.6) is 0 Å². The third-order valence-corrected chi connectivity index (χ3v) is 10.7. The van der Waals surface area contributed by atoms with Crippen LogP contribution in [0, 0.1) is 0 Å². The maximum atomic E-state index is 12.4. The van der Waals surface area contributed by atoms with Gasteiger partial charge in [0, 0.05) is 12.8 Å². The van der Waals surface area contributed by atoms with E-state index in [9.17, 15) is 19.8 Å². The zero-order valence-corrected chi connectivity index (χ0v) is 36.0. The SMILES string of the molecule is CCCCCCCCCCCC/C=C/C(O)C(CO)NC(=O)CCCCCCC/C=C\CCCCOC(=O)CCCCCCCCCCCCCCCC. The molecule has 1 amide bonds. The molecule has 0 aromatic carbocycles. The number of hydrogen-bond acceptors (Lipinski definition) is 5. The Bertz CT molecular complexity index is 843. The van der Waals surface area contributed by atoms with Gasteiger partial charge in [0.2, 0.25) is 5.91 Å². The molecule has 0 bridgehead atoms. The van der Waals surface area contributed by atoms with Crippen molar-refractivity contribution < 1.29 is 24.5 Å². The van der Waals surface area contributed by atoms with Crippen LogP contribution in [0.3, 0.4) is 0 Å². The molecule has 0 aliphatic carbocycles. The number of rotatable bonds is 43. The van der Waals surface area contributed by atoms with Gasteiger partial charge in [-0.2, -0.15) is 0 Å². The van der Waals surface area contributed by atoms with Gasteiger partial charge in [-0.05, 0) is 57.8 Å². The lowest BCUT2D eigenvalue weighted by Gasteiger charge is -2.20. The van der Waals surface area contributed by atoms with Gasteiger partial charge in [0.05, 0.1) is 25.4 Å². The summed E-state index contributed by atoms with van der Waals surface area (Å²) < 4.78 is 5.43.